The van der Waals surface area contributed by atoms with Gasteiger partial charge in [-0.25, -0.2) is 4.79 Å². The lowest BCUT2D eigenvalue weighted by Gasteiger charge is -2.38. The topological polar surface area (TPSA) is 66.6 Å². The Hall–Kier alpha value is -0.770. The molecule has 78 valence electrons. The summed E-state index contributed by atoms with van der Waals surface area (Å²) in [4.78, 5) is 12.4. The summed E-state index contributed by atoms with van der Waals surface area (Å²) >= 11 is 0. The summed E-state index contributed by atoms with van der Waals surface area (Å²) in [6, 6.07) is -0.0856. The standard InChI is InChI=1S/C9H20N2O2/c1-5-7(6-10)11(8(12)13)9(2,3)4/h7H,5-6,10H2,1-4H3,(H,12,13). The quantitative estimate of drug-likeness (QED) is 0.705. The van der Waals surface area contributed by atoms with E-state index in [1.807, 2.05) is 27.7 Å². The Morgan fingerprint density at radius 1 is 1.54 bits per heavy atom. The monoisotopic (exact) mass is 188 g/mol. The molecule has 0 radical (unpaired) electrons. The van der Waals surface area contributed by atoms with Crippen molar-refractivity contribution < 1.29 is 9.90 Å². The second kappa shape index (κ2) is 4.46. The largest absolute Gasteiger partial charge is 0.465 e. The van der Waals surface area contributed by atoms with Crippen LogP contribution >= 0.6 is 0 Å². The molecule has 1 amide bonds. The molecule has 0 heterocycles. The molecule has 4 nitrogen and oxygen atoms in total. The Morgan fingerprint density at radius 2 is 2.00 bits per heavy atom. The van der Waals surface area contributed by atoms with Gasteiger partial charge in [0.2, 0.25) is 0 Å². The number of carbonyl (C=O) groups is 1. The molecule has 1 atom stereocenters. The lowest BCUT2D eigenvalue weighted by atomic mass is 10.0. The minimum atomic E-state index is -0.898. The van der Waals surface area contributed by atoms with E-state index in [4.69, 9.17) is 10.8 Å². The van der Waals surface area contributed by atoms with Gasteiger partial charge in [-0.3, -0.25) is 4.90 Å². The molecule has 0 rings (SSSR count). The molecule has 0 aromatic heterocycles. The molecule has 13 heavy (non-hydrogen) atoms. The molecule has 0 aliphatic carbocycles. The van der Waals surface area contributed by atoms with Crippen molar-refractivity contribution in [3.05, 3.63) is 0 Å². The molecule has 0 saturated heterocycles. The number of hydrogen-bond donors (Lipinski definition) is 2. The van der Waals surface area contributed by atoms with E-state index in [0.29, 0.717) is 6.54 Å². The van der Waals surface area contributed by atoms with Crippen LogP contribution in [-0.2, 0) is 0 Å². The first kappa shape index (κ1) is 12.2. The zero-order valence-electron chi connectivity index (χ0n) is 8.87. The highest BCUT2D eigenvalue weighted by atomic mass is 16.4. The molecule has 0 fully saturated rings. The summed E-state index contributed by atoms with van der Waals surface area (Å²) in [6.45, 7) is 7.94. The van der Waals surface area contributed by atoms with Crippen LogP contribution in [0.2, 0.25) is 0 Å². The van der Waals surface area contributed by atoms with Gasteiger partial charge in [0, 0.05) is 18.1 Å². The van der Waals surface area contributed by atoms with E-state index in [0.717, 1.165) is 6.42 Å². The molecule has 0 aromatic carbocycles. The van der Waals surface area contributed by atoms with Gasteiger partial charge in [-0.1, -0.05) is 6.92 Å². The second-order valence-electron chi connectivity index (χ2n) is 4.12. The smallest absolute Gasteiger partial charge is 0.408 e. The maximum Gasteiger partial charge on any atom is 0.408 e. The zero-order chi connectivity index (χ0) is 10.6. The van der Waals surface area contributed by atoms with Crippen molar-refractivity contribution in [1.82, 2.24) is 4.90 Å². The van der Waals surface area contributed by atoms with Crippen LogP contribution in [0.1, 0.15) is 34.1 Å². The number of carboxylic acid groups (broad SMARTS) is 1. The highest BCUT2D eigenvalue weighted by Gasteiger charge is 2.31. The molecule has 0 saturated carbocycles. The van der Waals surface area contributed by atoms with Crippen molar-refractivity contribution in [1.29, 1.82) is 0 Å². The molecular weight excluding hydrogens is 168 g/mol. The Kier molecular flexibility index (Phi) is 4.20. The van der Waals surface area contributed by atoms with Crippen LogP contribution < -0.4 is 5.73 Å². The molecule has 0 aromatic rings. The summed E-state index contributed by atoms with van der Waals surface area (Å²) in [6.07, 6.45) is -0.148. The first-order valence-electron chi connectivity index (χ1n) is 4.56. The minimum Gasteiger partial charge on any atom is -0.465 e. The number of hydrogen-bond acceptors (Lipinski definition) is 2. The van der Waals surface area contributed by atoms with Crippen LogP contribution in [0, 0.1) is 0 Å². The third kappa shape index (κ3) is 3.22. The normalized spacial score (nSPS) is 13.9. The maximum absolute atomic E-state index is 11.0. The van der Waals surface area contributed by atoms with Crippen LogP contribution in [0.15, 0.2) is 0 Å². The van der Waals surface area contributed by atoms with Gasteiger partial charge in [0.1, 0.15) is 0 Å². The number of nitrogens with two attached hydrogens (primary N) is 1. The van der Waals surface area contributed by atoms with E-state index in [-0.39, 0.29) is 11.6 Å². The highest BCUT2D eigenvalue weighted by molar-refractivity contribution is 5.66. The fourth-order valence-corrected chi connectivity index (χ4v) is 1.45. The van der Waals surface area contributed by atoms with Crippen molar-refractivity contribution in [3.63, 3.8) is 0 Å². The summed E-state index contributed by atoms with van der Waals surface area (Å²) in [5, 5.41) is 9.01. The number of rotatable bonds is 3. The zero-order valence-corrected chi connectivity index (χ0v) is 8.87. The Labute approximate surface area is 79.7 Å². The van der Waals surface area contributed by atoms with Gasteiger partial charge in [-0.15, -0.1) is 0 Å². The maximum atomic E-state index is 11.0. The summed E-state index contributed by atoms with van der Waals surface area (Å²) in [5.74, 6) is 0. The number of amides is 1. The van der Waals surface area contributed by atoms with Gasteiger partial charge < -0.3 is 10.8 Å². The SMILES string of the molecule is CCC(CN)N(C(=O)O)C(C)(C)C. The van der Waals surface area contributed by atoms with Gasteiger partial charge in [0.15, 0.2) is 0 Å². The summed E-state index contributed by atoms with van der Waals surface area (Å²) < 4.78 is 0. The van der Waals surface area contributed by atoms with Crippen molar-refractivity contribution >= 4 is 6.09 Å². The highest BCUT2D eigenvalue weighted by Crippen LogP contribution is 2.18. The van der Waals surface area contributed by atoms with Crippen molar-refractivity contribution in [2.75, 3.05) is 6.54 Å². The molecule has 1 unspecified atom stereocenters. The van der Waals surface area contributed by atoms with Gasteiger partial charge in [0.05, 0.1) is 0 Å². The van der Waals surface area contributed by atoms with Crippen molar-refractivity contribution in [2.24, 2.45) is 5.73 Å². The molecule has 0 spiro atoms. The first-order chi connectivity index (χ1) is 5.84. The Morgan fingerprint density at radius 3 is 2.08 bits per heavy atom. The van der Waals surface area contributed by atoms with Gasteiger partial charge >= 0.3 is 6.09 Å². The molecule has 4 heteroatoms. The van der Waals surface area contributed by atoms with Gasteiger partial charge in [-0.05, 0) is 27.2 Å². The third-order valence-electron chi connectivity index (χ3n) is 2.04. The Balaban J connectivity index is 4.69. The fourth-order valence-electron chi connectivity index (χ4n) is 1.45. The van der Waals surface area contributed by atoms with Gasteiger partial charge in [0.25, 0.3) is 0 Å². The summed E-state index contributed by atoms with van der Waals surface area (Å²) in [7, 11) is 0. The molecule has 3 N–H and O–H groups in total. The minimum absolute atomic E-state index is 0.0856. The van der Waals surface area contributed by atoms with E-state index in [1.54, 1.807) is 0 Å². The van der Waals surface area contributed by atoms with E-state index < -0.39 is 6.09 Å². The van der Waals surface area contributed by atoms with Crippen LogP contribution in [-0.4, -0.2) is 34.2 Å². The lowest BCUT2D eigenvalue weighted by molar-refractivity contribution is 0.0711. The van der Waals surface area contributed by atoms with Crippen LogP contribution in [0.4, 0.5) is 4.79 Å². The van der Waals surface area contributed by atoms with Crippen LogP contribution in [0.25, 0.3) is 0 Å². The molecular formula is C9H20N2O2. The Bertz CT molecular complexity index is 171. The number of nitrogens with zero attached hydrogens (tertiary/aromatic N) is 1. The van der Waals surface area contributed by atoms with E-state index in [9.17, 15) is 4.79 Å². The van der Waals surface area contributed by atoms with Crippen LogP contribution in [0.3, 0.4) is 0 Å². The fraction of sp³-hybridized carbons (Fsp3) is 0.889. The average Bonchev–Trinajstić information content (AvgIpc) is 1.96. The van der Waals surface area contributed by atoms with E-state index in [2.05, 4.69) is 0 Å². The molecule has 0 aliphatic rings. The van der Waals surface area contributed by atoms with Crippen LogP contribution in [0.5, 0.6) is 0 Å². The van der Waals surface area contributed by atoms with Crippen molar-refractivity contribution in [3.8, 4) is 0 Å². The lowest BCUT2D eigenvalue weighted by Crippen LogP contribution is -2.53. The second-order valence-corrected chi connectivity index (χ2v) is 4.12. The van der Waals surface area contributed by atoms with E-state index in [1.165, 1.54) is 4.90 Å². The third-order valence-corrected chi connectivity index (χ3v) is 2.04. The van der Waals surface area contributed by atoms with Gasteiger partial charge in [-0.2, -0.15) is 0 Å². The first-order valence-corrected chi connectivity index (χ1v) is 4.56. The summed E-state index contributed by atoms with van der Waals surface area (Å²) in [5.41, 5.74) is 5.13. The van der Waals surface area contributed by atoms with Crippen molar-refractivity contribution in [2.45, 2.75) is 45.7 Å². The predicted octanol–water partition coefficient (Wildman–Crippen LogP) is 1.50. The van der Waals surface area contributed by atoms with E-state index >= 15 is 0 Å². The average molecular weight is 188 g/mol. The predicted molar refractivity (Wildman–Crippen MR) is 52.8 cm³/mol. The molecule has 0 bridgehead atoms. The molecule has 0 aliphatic heterocycles.